The number of anilines is 1. The Morgan fingerprint density at radius 2 is 2.21 bits per heavy atom. The van der Waals surface area contributed by atoms with Gasteiger partial charge in [0.1, 0.15) is 5.82 Å². The predicted octanol–water partition coefficient (Wildman–Crippen LogP) is 2.59. The van der Waals surface area contributed by atoms with Gasteiger partial charge in [-0.05, 0) is 19.1 Å². The van der Waals surface area contributed by atoms with Crippen LogP contribution in [-0.2, 0) is 4.79 Å². The third-order valence-electron chi connectivity index (χ3n) is 2.70. The molecule has 0 aliphatic heterocycles. The van der Waals surface area contributed by atoms with Gasteiger partial charge >= 0.3 is 0 Å². The van der Waals surface area contributed by atoms with Crippen molar-refractivity contribution in [1.29, 1.82) is 0 Å². The first kappa shape index (κ1) is 13.5. The highest BCUT2D eigenvalue weighted by Crippen LogP contribution is 2.25. The second-order valence-electron chi connectivity index (χ2n) is 4.33. The van der Waals surface area contributed by atoms with Crippen LogP contribution in [0.4, 0.5) is 5.69 Å². The standard InChI is InChI=1S/C13H15ClN4O/c1-8(7-14)13(19)16-11-6-4-3-5-10(11)12-15-9(2)17-18-12/h3-6,8H,7H2,1-2H3,(H,16,19)(H,15,17,18). The maximum atomic E-state index is 11.9. The summed E-state index contributed by atoms with van der Waals surface area (Å²) in [6.45, 7) is 3.61. The fourth-order valence-electron chi connectivity index (χ4n) is 1.58. The number of hydrogen-bond donors (Lipinski definition) is 2. The minimum Gasteiger partial charge on any atom is -0.325 e. The lowest BCUT2D eigenvalue weighted by molar-refractivity contribution is -0.118. The molecular weight excluding hydrogens is 264 g/mol. The molecule has 2 N–H and O–H groups in total. The van der Waals surface area contributed by atoms with Crippen LogP contribution in [0.3, 0.4) is 0 Å². The van der Waals surface area contributed by atoms with Crippen molar-refractivity contribution < 1.29 is 4.79 Å². The summed E-state index contributed by atoms with van der Waals surface area (Å²) >= 11 is 5.68. The van der Waals surface area contributed by atoms with Crippen molar-refractivity contribution in [1.82, 2.24) is 15.2 Å². The molecule has 19 heavy (non-hydrogen) atoms. The number of H-pyrrole nitrogens is 1. The number of aryl methyl sites for hydroxylation is 1. The van der Waals surface area contributed by atoms with E-state index in [9.17, 15) is 4.79 Å². The zero-order chi connectivity index (χ0) is 13.8. The van der Waals surface area contributed by atoms with Gasteiger partial charge in [0.05, 0.1) is 5.69 Å². The third-order valence-corrected chi connectivity index (χ3v) is 3.16. The van der Waals surface area contributed by atoms with E-state index in [1.165, 1.54) is 0 Å². The lowest BCUT2D eigenvalue weighted by Gasteiger charge is -2.11. The Kier molecular flexibility index (Phi) is 4.16. The first-order valence-corrected chi connectivity index (χ1v) is 6.50. The molecule has 1 amide bonds. The number of carbonyl (C=O) groups is 1. The van der Waals surface area contributed by atoms with Gasteiger partial charge in [-0.3, -0.25) is 9.89 Å². The summed E-state index contributed by atoms with van der Waals surface area (Å²) in [5.41, 5.74) is 1.46. The van der Waals surface area contributed by atoms with Gasteiger partial charge in [-0.2, -0.15) is 5.10 Å². The molecule has 0 fully saturated rings. The van der Waals surface area contributed by atoms with Crippen LogP contribution in [0.25, 0.3) is 11.4 Å². The summed E-state index contributed by atoms with van der Waals surface area (Å²) in [5, 5.41) is 9.74. The Morgan fingerprint density at radius 1 is 1.47 bits per heavy atom. The number of aromatic nitrogens is 3. The van der Waals surface area contributed by atoms with Crippen LogP contribution in [0.5, 0.6) is 0 Å². The molecule has 2 rings (SSSR count). The fourth-order valence-corrected chi connectivity index (χ4v) is 1.72. The number of nitrogens with zero attached hydrogens (tertiary/aromatic N) is 2. The summed E-state index contributed by atoms with van der Waals surface area (Å²) in [5.74, 6) is 1.21. The van der Waals surface area contributed by atoms with E-state index in [2.05, 4.69) is 20.5 Å². The molecule has 2 aromatic rings. The largest absolute Gasteiger partial charge is 0.325 e. The molecule has 0 spiro atoms. The minimum atomic E-state index is -0.247. The van der Waals surface area contributed by atoms with Crippen molar-refractivity contribution >= 4 is 23.2 Å². The molecule has 1 heterocycles. The summed E-state index contributed by atoms with van der Waals surface area (Å²) in [6.07, 6.45) is 0. The monoisotopic (exact) mass is 278 g/mol. The number of halogens is 1. The summed E-state index contributed by atoms with van der Waals surface area (Å²) in [7, 11) is 0. The maximum Gasteiger partial charge on any atom is 0.228 e. The first-order chi connectivity index (χ1) is 9.11. The Bertz CT molecular complexity index is 582. The highest BCUT2D eigenvalue weighted by atomic mass is 35.5. The molecule has 0 saturated heterocycles. The van der Waals surface area contributed by atoms with Crippen molar-refractivity contribution in [2.24, 2.45) is 5.92 Å². The van der Waals surface area contributed by atoms with E-state index in [0.29, 0.717) is 11.5 Å². The second-order valence-corrected chi connectivity index (χ2v) is 4.64. The fraction of sp³-hybridized carbons (Fsp3) is 0.308. The molecule has 0 aliphatic carbocycles. The number of rotatable bonds is 4. The lowest BCUT2D eigenvalue weighted by atomic mass is 10.1. The van der Waals surface area contributed by atoms with Gasteiger partial charge in [-0.1, -0.05) is 19.1 Å². The molecular formula is C13H15ClN4O. The van der Waals surface area contributed by atoms with Crippen LogP contribution in [-0.4, -0.2) is 27.0 Å². The Balaban J connectivity index is 2.29. The molecule has 0 radical (unpaired) electrons. The zero-order valence-electron chi connectivity index (χ0n) is 10.8. The average Bonchev–Trinajstić information content (AvgIpc) is 2.85. The number of hydrogen-bond acceptors (Lipinski definition) is 3. The maximum absolute atomic E-state index is 11.9. The van der Waals surface area contributed by atoms with E-state index < -0.39 is 0 Å². The van der Waals surface area contributed by atoms with Crippen molar-refractivity contribution in [2.75, 3.05) is 11.2 Å². The number of aromatic amines is 1. The van der Waals surface area contributed by atoms with E-state index in [4.69, 9.17) is 11.6 Å². The molecule has 1 aromatic heterocycles. The molecule has 0 bridgehead atoms. The van der Waals surface area contributed by atoms with Gasteiger partial charge in [0.15, 0.2) is 5.82 Å². The minimum absolute atomic E-state index is 0.116. The lowest BCUT2D eigenvalue weighted by Crippen LogP contribution is -2.21. The number of amides is 1. The van der Waals surface area contributed by atoms with Crippen LogP contribution in [0.15, 0.2) is 24.3 Å². The molecule has 1 unspecified atom stereocenters. The van der Waals surface area contributed by atoms with Gasteiger partial charge in [-0.25, -0.2) is 4.98 Å². The highest BCUT2D eigenvalue weighted by molar-refractivity contribution is 6.19. The van der Waals surface area contributed by atoms with Crippen molar-refractivity contribution in [3.8, 4) is 11.4 Å². The van der Waals surface area contributed by atoms with E-state index in [1.807, 2.05) is 31.2 Å². The van der Waals surface area contributed by atoms with Crippen LogP contribution >= 0.6 is 11.6 Å². The molecule has 100 valence electrons. The quantitative estimate of drug-likeness (QED) is 0.845. The van der Waals surface area contributed by atoms with Crippen molar-refractivity contribution in [3.05, 3.63) is 30.1 Å². The van der Waals surface area contributed by atoms with Gasteiger partial charge < -0.3 is 5.32 Å². The number of benzene rings is 1. The zero-order valence-corrected chi connectivity index (χ0v) is 11.5. The average molecular weight is 279 g/mol. The topological polar surface area (TPSA) is 70.7 Å². The van der Waals surface area contributed by atoms with Crippen LogP contribution in [0.1, 0.15) is 12.7 Å². The molecule has 6 heteroatoms. The summed E-state index contributed by atoms with van der Waals surface area (Å²) in [6, 6.07) is 7.41. The van der Waals surface area contributed by atoms with Gasteiger partial charge in [-0.15, -0.1) is 11.6 Å². The number of carbonyl (C=O) groups excluding carboxylic acids is 1. The van der Waals surface area contributed by atoms with E-state index >= 15 is 0 Å². The van der Waals surface area contributed by atoms with Crippen molar-refractivity contribution in [3.63, 3.8) is 0 Å². The van der Waals surface area contributed by atoms with Crippen LogP contribution in [0, 0.1) is 12.8 Å². The smallest absolute Gasteiger partial charge is 0.228 e. The summed E-state index contributed by atoms with van der Waals surface area (Å²) in [4.78, 5) is 16.2. The van der Waals surface area contributed by atoms with Crippen LogP contribution in [0.2, 0.25) is 0 Å². The van der Waals surface area contributed by atoms with E-state index in [-0.39, 0.29) is 17.7 Å². The Hall–Kier alpha value is -1.88. The van der Waals surface area contributed by atoms with Gasteiger partial charge in [0.25, 0.3) is 0 Å². The normalized spacial score (nSPS) is 12.2. The first-order valence-electron chi connectivity index (χ1n) is 5.97. The second kappa shape index (κ2) is 5.84. The predicted molar refractivity (Wildman–Crippen MR) is 75.1 cm³/mol. The number of nitrogens with one attached hydrogen (secondary N) is 2. The van der Waals surface area contributed by atoms with E-state index in [0.717, 1.165) is 11.4 Å². The number of alkyl halides is 1. The number of para-hydroxylation sites is 1. The van der Waals surface area contributed by atoms with Crippen LogP contribution < -0.4 is 5.32 Å². The van der Waals surface area contributed by atoms with Crippen molar-refractivity contribution in [2.45, 2.75) is 13.8 Å². The molecule has 5 nitrogen and oxygen atoms in total. The Labute approximate surface area is 116 Å². The molecule has 1 aromatic carbocycles. The van der Waals surface area contributed by atoms with Gasteiger partial charge in [0, 0.05) is 17.4 Å². The Morgan fingerprint density at radius 3 is 2.84 bits per heavy atom. The summed E-state index contributed by atoms with van der Waals surface area (Å²) < 4.78 is 0. The molecule has 1 atom stereocenters. The van der Waals surface area contributed by atoms with Gasteiger partial charge in [0.2, 0.25) is 5.91 Å². The highest BCUT2D eigenvalue weighted by Gasteiger charge is 2.15. The SMILES string of the molecule is Cc1nc(-c2ccccc2NC(=O)C(C)CCl)n[nH]1. The van der Waals surface area contributed by atoms with E-state index in [1.54, 1.807) is 6.92 Å². The molecule has 0 saturated carbocycles. The third kappa shape index (κ3) is 3.12. The molecule has 0 aliphatic rings.